The van der Waals surface area contributed by atoms with E-state index in [0.717, 1.165) is 32.2 Å². The molecule has 0 heterocycles. The minimum absolute atomic E-state index is 0.140. The molecule has 1 aliphatic rings. The summed E-state index contributed by atoms with van der Waals surface area (Å²) in [6, 6.07) is 0. The van der Waals surface area contributed by atoms with E-state index in [-0.39, 0.29) is 5.41 Å². The summed E-state index contributed by atoms with van der Waals surface area (Å²) in [5, 5.41) is 9.77. The number of likely N-dealkylation sites (N-methyl/N-ethyl adjacent to an activating group) is 1. The van der Waals surface area contributed by atoms with Crippen LogP contribution in [0.3, 0.4) is 0 Å². The average molecular weight is 243 g/mol. The molecule has 3 heteroatoms. The van der Waals surface area contributed by atoms with E-state index in [1.807, 2.05) is 0 Å². The Balaban J connectivity index is 2.53. The molecule has 0 saturated heterocycles. The van der Waals surface area contributed by atoms with Crippen LogP contribution in [0, 0.1) is 11.3 Å². The standard InChI is InChI=1S/C14H29NO2/c1-4-15(8-9-17-3)11-14(12-16)7-5-6-13(2)10-14/h13,16H,4-12H2,1-3H3. The number of aliphatic hydroxyl groups excluding tert-OH is 1. The van der Waals surface area contributed by atoms with Crippen LogP contribution in [0.1, 0.15) is 39.5 Å². The molecule has 0 radical (unpaired) electrons. The number of hydrogen-bond acceptors (Lipinski definition) is 3. The molecule has 102 valence electrons. The van der Waals surface area contributed by atoms with Crippen LogP contribution in [0.2, 0.25) is 0 Å². The maximum atomic E-state index is 9.77. The van der Waals surface area contributed by atoms with Crippen molar-refractivity contribution in [2.45, 2.75) is 39.5 Å². The number of aliphatic hydroxyl groups is 1. The van der Waals surface area contributed by atoms with Crippen molar-refractivity contribution in [2.75, 3.05) is 40.0 Å². The van der Waals surface area contributed by atoms with Gasteiger partial charge in [0.2, 0.25) is 0 Å². The smallest absolute Gasteiger partial charge is 0.0589 e. The van der Waals surface area contributed by atoms with Gasteiger partial charge in [0.05, 0.1) is 6.61 Å². The average Bonchev–Trinajstić information content (AvgIpc) is 2.34. The second-order valence-corrected chi connectivity index (χ2v) is 5.72. The quantitative estimate of drug-likeness (QED) is 0.743. The highest BCUT2D eigenvalue weighted by atomic mass is 16.5. The zero-order valence-electron chi connectivity index (χ0n) is 11.7. The molecular formula is C14H29NO2. The van der Waals surface area contributed by atoms with Gasteiger partial charge in [-0.2, -0.15) is 0 Å². The summed E-state index contributed by atoms with van der Waals surface area (Å²) in [5.74, 6) is 0.761. The first-order valence-corrected chi connectivity index (χ1v) is 6.98. The summed E-state index contributed by atoms with van der Waals surface area (Å²) in [6.07, 6.45) is 4.94. The third-order valence-corrected chi connectivity index (χ3v) is 4.14. The normalized spacial score (nSPS) is 29.8. The minimum Gasteiger partial charge on any atom is -0.396 e. The summed E-state index contributed by atoms with van der Waals surface area (Å²) in [5.41, 5.74) is 0.140. The van der Waals surface area contributed by atoms with Gasteiger partial charge in [-0.1, -0.05) is 26.7 Å². The molecular weight excluding hydrogens is 214 g/mol. The summed E-state index contributed by atoms with van der Waals surface area (Å²) in [4.78, 5) is 2.41. The van der Waals surface area contributed by atoms with Crippen LogP contribution in [0.4, 0.5) is 0 Å². The SMILES string of the molecule is CCN(CCOC)CC1(CO)CCCC(C)C1. The number of methoxy groups -OCH3 is 1. The second-order valence-electron chi connectivity index (χ2n) is 5.72. The number of rotatable bonds is 7. The Morgan fingerprint density at radius 3 is 2.76 bits per heavy atom. The Morgan fingerprint density at radius 1 is 1.47 bits per heavy atom. The zero-order valence-corrected chi connectivity index (χ0v) is 11.7. The van der Waals surface area contributed by atoms with E-state index in [9.17, 15) is 5.11 Å². The molecule has 1 rings (SSSR count). The van der Waals surface area contributed by atoms with E-state index < -0.39 is 0 Å². The van der Waals surface area contributed by atoms with Gasteiger partial charge < -0.3 is 14.7 Å². The molecule has 1 aliphatic carbocycles. The van der Waals surface area contributed by atoms with Gasteiger partial charge in [-0.25, -0.2) is 0 Å². The predicted molar refractivity (Wildman–Crippen MR) is 71.1 cm³/mol. The van der Waals surface area contributed by atoms with E-state index in [1.54, 1.807) is 7.11 Å². The number of ether oxygens (including phenoxy) is 1. The van der Waals surface area contributed by atoms with Crippen molar-refractivity contribution in [3.8, 4) is 0 Å². The first-order chi connectivity index (χ1) is 8.15. The zero-order chi connectivity index (χ0) is 12.7. The first kappa shape index (κ1) is 14.9. The van der Waals surface area contributed by atoms with Crippen LogP contribution in [0.5, 0.6) is 0 Å². The van der Waals surface area contributed by atoms with Crippen LogP contribution in [0.25, 0.3) is 0 Å². The number of nitrogens with zero attached hydrogens (tertiary/aromatic N) is 1. The lowest BCUT2D eigenvalue weighted by Gasteiger charge is -2.42. The summed E-state index contributed by atoms with van der Waals surface area (Å²) >= 11 is 0. The van der Waals surface area contributed by atoms with E-state index in [2.05, 4.69) is 18.7 Å². The van der Waals surface area contributed by atoms with Gasteiger partial charge >= 0.3 is 0 Å². The molecule has 0 aromatic heterocycles. The summed E-state index contributed by atoms with van der Waals surface area (Å²) in [6.45, 7) is 8.66. The molecule has 0 aliphatic heterocycles. The molecule has 1 N–H and O–H groups in total. The molecule has 1 saturated carbocycles. The molecule has 2 unspecified atom stereocenters. The van der Waals surface area contributed by atoms with Crippen LogP contribution in [0.15, 0.2) is 0 Å². The lowest BCUT2D eigenvalue weighted by atomic mass is 9.70. The van der Waals surface area contributed by atoms with E-state index >= 15 is 0 Å². The Labute approximate surface area is 106 Å². The Kier molecular flexibility index (Phi) is 6.45. The summed E-state index contributed by atoms with van der Waals surface area (Å²) in [7, 11) is 1.75. The molecule has 0 amide bonds. The molecule has 0 aromatic rings. The molecule has 0 bridgehead atoms. The highest BCUT2D eigenvalue weighted by Gasteiger charge is 2.35. The van der Waals surface area contributed by atoms with Crippen molar-refractivity contribution in [1.29, 1.82) is 0 Å². The van der Waals surface area contributed by atoms with Crippen molar-refractivity contribution in [1.82, 2.24) is 4.90 Å². The molecule has 1 fully saturated rings. The van der Waals surface area contributed by atoms with Crippen LogP contribution in [-0.2, 0) is 4.74 Å². The van der Waals surface area contributed by atoms with Crippen LogP contribution < -0.4 is 0 Å². The summed E-state index contributed by atoms with van der Waals surface area (Å²) < 4.78 is 5.15. The van der Waals surface area contributed by atoms with Crippen molar-refractivity contribution >= 4 is 0 Å². The lowest BCUT2D eigenvalue weighted by Crippen LogP contribution is -2.44. The van der Waals surface area contributed by atoms with Gasteiger partial charge in [0, 0.05) is 32.2 Å². The van der Waals surface area contributed by atoms with Crippen molar-refractivity contribution in [2.24, 2.45) is 11.3 Å². The van der Waals surface area contributed by atoms with Gasteiger partial charge in [0.1, 0.15) is 0 Å². The molecule has 0 spiro atoms. The predicted octanol–water partition coefficient (Wildman–Crippen LogP) is 2.14. The Hall–Kier alpha value is -0.120. The van der Waals surface area contributed by atoms with Crippen LogP contribution >= 0.6 is 0 Å². The fourth-order valence-electron chi connectivity index (χ4n) is 3.15. The maximum absolute atomic E-state index is 9.77. The van der Waals surface area contributed by atoms with Gasteiger partial charge in [0.15, 0.2) is 0 Å². The van der Waals surface area contributed by atoms with Crippen molar-refractivity contribution < 1.29 is 9.84 Å². The van der Waals surface area contributed by atoms with Gasteiger partial charge in [-0.15, -0.1) is 0 Å². The lowest BCUT2D eigenvalue weighted by molar-refractivity contribution is 0.0186. The van der Waals surface area contributed by atoms with Gasteiger partial charge in [-0.3, -0.25) is 0 Å². The van der Waals surface area contributed by atoms with E-state index in [0.29, 0.717) is 6.61 Å². The first-order valence-electron chi connectivity index (χ1n) is 6.98. The largest absolute Gasteiger partial charge is 0.396 e. The number of hydrogen-bond donors (Lipinski definition) is 1. The highest BCUT2D eigenvalue weighted by Crippen LogP contribution is 2.39. The highest BCUT2D eigenvalue weighted by molar-refractivity contribution is 4.87. The Morgan fingerprint density at radius 2 is 2.24 bits per heavy atom. The topological polar surface area (TPSA) is 32.7 Å². The molecule has 2 atom stereocenters. The monoisotopic (exact) mass is 243 g/mol. The van der Waals surface area contributed by atoms with Crippen molar-refractivity contribution in [3.63, 3.8) is 0 Å². The molecule has 3 nitrogen and oxygen atoms in total. The molecule has 0 aromatic carbocycles. The van der Waals surface area contributed by atoms with Gasteiger partial charge in [0.25, 0.3) is 0 Å². The molecule has 17 heavy (non-hydrogen) atoms. The fourth-order valence-corrected chi connectivity index (χ4v) is 3.15. The van der Waals surface area contributed by atoms with E-state index in [4.69, 9.17) is 4.74 Å². The maximum Gasteiger partial charge on any atom is 0.0589 e. The van der Waals surface area contributed by atoms with Gasteiger partial charge in [-0.05, 0) is 25.3 Å². The second kappa shape index (κ2) is 7.34. The van der Waals surface area contributed by atoms with E-state index in [1.165, 1.54) is 25.7 Å². The minimum atomic E-state index is 0.140. The van der Waals surface area contributed by atoms with Crippen LogP contribution in [-0.4, -0.2) is 50.0 Å². The Bertz CT molecular complexity index is 210. The fraction of sp³-hybridized carbons (Fsp3) is 1.00. The third kappa shape index (κ3) is 4.57. The third-order valence-electron chi connectivity index (χ3n) is 4.14. The van der Waals surface area contributed by atoms with Crippen molar-refractivity contribution in [3.05, 3.63) is 0 Å².